The summed E-state index contributed by atoms with van der Waals surface area (Å²) in [5.74, 6) is -1.36. The normalized spacial score (nSPS) is 26.7. The van der Waals surface area contributed by atoms with E-state index in [9.17, 15) is 13.6 Å². The van der Waals surface area contributed by atoms with Gasteiger partial charge in [-0.1, -0.05) is 6.07 Å². The van der Waals surface area contributed by atoms with E-state index in [1.165, 1.54) is 12.1 Å². The van der Waals surface area contributed by atoms with Gasteiger partial charge in [-0.3, -0.25) is 9.69 Å². The topological polar surface area (TPSA) is 32.8 Å². The minimum atomic E-state index is -0.820. The third-order valence-electron chi connectivity index (χ3n) is 5.58. The van der Waals surface area contributed by atoms with Gasteiger partial charge in [0, 0.05) is 25.0 Å². The van der Waals surface area contributed by atoms with Crippen molar-refractivity contribution < 1.29 is 18.3 Å². The predicted octanol–water partition coefficient (Wildman–Crippen LogP) is 3.37. The van der Waals surface area contributed by atoms with Gasteiger partial charge in [0.15, 0.2) is 11.6 Å². The zero-order valence-electron chi connectivity index (χ0n) is 15.8. The fourth-order valence-electron chi connectivity index (χ4n) is 4.13. The average Bonchev–Trinajstić information content (AvgIpc) is 2.62. The van der Waals surface area contributed by atoms with Crippen molar-refractivity contribution in [3.8, 4) is 0 Å². The monoisotopic (exact) mass is 366 g/mol. The molecule has 1 aromatic carbocycles. The first-order valence-electron chi connectivity index (χ1n) is 9.48. The highest BCUT2D eigenvalue weighted by molar-refractivity contribution is 5.79. The van der Waals surface area contributed by atoms with E-state index < -0.39 is 11.6 Å². The van der Waals surface area contributed by atoms with Gasteiger partial charge < -0.3 is 9.64 Å². The summed E-state index contributed by atoms with van der Waals surface area (Å²) in [5.41, 5.74) is 0.768. The van der Waals surface area contributed by atoms with Gasteiger partial charge in [-0.2, -0.15) is 0 Å². The molecule has 2 aliphatic rings. The summed E-state index contributed by atoms with van der Waals surface area (Å²) in [7, 11) is 0. The second kappa shape index (κ2) is 8.01. The molecule has 26 heavy (non-hydrogen) atoms. The van der Waals surface area contributed by atoms with Crippen LogP contribution in [0.5, 0.6) is 0 Å². The molecule has 0 bridgehead atoms. The Kier molecular flexibility index (Phi) is 5.92. The number of amides is 1. The van der Waals surface area contributed by atoms with Crippen molar-refractivity contribution >= 4 is 5.91 Å². The third kappa shape index (κ3) is 4.23. The molecule has 3 rings (SSSR count). The highest BCUT2D eigenvalue weighted by atomic mass is 19.2. The number of carbonyl (C=O) groups is 1. The van der Waals surface area contributed by atoms with Crippen LogP contribution in [0.1, 0.15) is 45.2 Å². The quantitative estimate of drug-likeness (QED) is 0.822. The van der Waals surface area contributed by atoms with Crippen molar-refractivity contribution in [2.24, 2.45) is 5.92 Å². The van der Waals surface area contributed by atoms with Gasteiger partial charge in [-0.05, 0) is 64.4 Å². The molecule has 3 atom stereocenters. The van der Waals surface area contributed by atoms with E-state index in [4.69, 9.17) is 4.74 Å². The van der Waals surface area contributed by atoms with Crippen LogP contribution in [-0.4, -0.2) is 54.1 Å². The van der Waals surface area contributed by atoms with Crippen LogP contribution in [0.2, 0.25) is 0 Å². The molecule has 0 N–H and O–H groups in total. The number of hydrogen-bond donors (Lipinski definition) is 0. The predicted molar refractivity (Wildman–Crippen MR) is 95.7 cm³/mol. The number of piperidine rings is 1. The molecule has 2 heterocycles. The van der Waals surface area contributed by atoms with Crippen LogP contribution in [0.15, 0.2) is 18.2 Å². The van der Waals surface area contributed by atoms with E-state index in [0.29, 0.717) is 13.1 Å². The van der Waals surface area contributed by atoms with Crippen molar-refractivity contribution in [2.45, 2.75) is 51.9 Å². The Hall–Kier alpha value is -1.53. The van der Waals surface area contributed by atoms with Crippen LogP contribution in [0.25, 0.3) is 0 Å². The van der Waals surface area contributed by atoms with Crippen molar-refractivity contribution in [2.75, 3.05) is 26.2 Å². The molecule has 0 aromatic heterocycles. The zero-order chi connectivity index (χ0) is 18.8. The molecule has 144 valence electrons. The number of hydrogen-bond acceptors (Lipinski definition) is 3. The van der Waals surface area contributed by atoms with E-state index >= 15 is 0 Å². The molecular weight excluding hydrogens is 338 g/mol. The molecule has 1 aromatic rings. The van der Waals surface area contributed by atoms with E-state index in [-0.39, 0.29) is 30.1 Å². The maximum absolute atomic E-state index is 13.5. The summed E-state index contributed by atoms with van der Waals surface area (Å²) >= 11 is 0. The Morgan fingerprint density at radius 1 is 1.12 bits per heavy atom. The highest BCUT2D eigenvalue weighted by Crippen LogP contribution is 2.29. The number of likely N-dealkylation sites (tertiary alicyclic amines) is 1. The molecule has 2 aliphatic heterocycles. The number of morpholine rings is 1. The van der Waals surface area contributed by atoms with E-state index in [2.05, 4.69) is 4.90 Å². The van der Waals surface area contributed by atoms with Crippen LogP contribution >= 0.6 is 0 Å². The fraction of sp³-hybridized carbons (Fsp3) is 0.650. The van der Waals surface area contributed by atoms with Crippen molar-refractivity contribution in [1.29, 1.82) is 0 Å². The number of halogens is 2. The van der Waals surface area contributed by atoms with Crippen LogP contribution in [-0.2, 0) is 9.53 Å². The van der Waals surface area contributed by atoms with Crippen molar-refractivity contribution in [1.82, 2.24) is 9.80 Å². The van der Waals surface area contributed by atoms with Gasteiger partial charge in [-0.25, -0.2) is 8.78 Å². The van der Waals surface area contributed by atoms with Crippen molar-refractivity contribution in [3.05, 3.63) is 35.4 Å². The summed E-state index contributed by atoms with van der Waals surface area (Å²) in [6.45, 7) is 8.89. The van der Waals surface area contributed by atoms with Gasteiger partial charge in [0.2, 0.25) is 5.91 Å². The van der Waals surface area contributed by atoms with Gasteiger partial charge in [-0.15, -0.1) is 0 Å². The third-order valence-corrected chi connectivity index (χ3v) is 5.58. The van der Waals surface area contributed by atoms with Gasteiger partial charge in [0.25, 0.3) is 0 Å². The molecule has 2 saturated heterocycles. The van der Waals surface area contributed by atoms with Crippen molar-refractivity contribution in [3.63, 3.8) is 0 Å². The van der Waals surface area contributed by atoms with Crippen LogP contribution < -0.4 is 0 Å². The minimum absolute atomic E-state index is 0.00424. The smallest absolute Gasteiger partial charge is 0.225 e. The lowest BCUT2D eigenvalue weighted by molar-refractivity contribution is -0.149. The Morgan fingerprint density at radius 3 is 2.31 bits per heavy atom. The number of benzene rings is 1. The van der Waals surface area contributed by atoms with Crippen LogP contribution in [0, 0.1) is 17.6 Å². The zero-order valence-corrected chi connectivity index (χ0v) is 15.8. The van der Waals surface area contributed by atoms with E-state index in [0.717, 1.165) is 31.5 Å². The average molecular weight is 366 g/mol. The molecule has 0 radical (unpaired) electrons. The molecule has 6 heteroatoms. The first kappa shape index (κ1) is 19.2. The fourth-order valence-corrected chi connectivity index (χ4v) is 4.13. The SMILES string of the molecule is CC1CN(C(=O)C2CCN(C(C)c3ccc(F)c(F)c3)CC2)CC(C)O1. The number of rotatable bonds is 3. The number of carbonyl (C=O) groups excluding carboxylic acids is 1. The van der Waals surface area contributed by atoms with Gasteiger partial charge in [0.05, 0.1) is 12.2 Å². The molecule has 3 unspecified atom stereocenters. The van der Waals surface area contributed by atoms with Crippen LogP contribution in [0.3, 0.4) is 0 Å². The standard InChI is InChI=1S/C20H28F2N2O2/c1-13-11-24(12-14(2)26-13)20(25)16-6-8-23(9-7-16)15(3)17-4-5-18(21)19(22)10-17/h4-5,10,13-16H,6-9,11-12H2,1-3H3. The highest BCUT2D eigenvalue weighted by Gasteiger charge is 2.33. The molecular formula is C20H28F2N2O2. The first-order chi connectivity index (χ1) is 12.3. The minimum Gasteiger partial charge on any atom is -0.372 e. The molecule has 0 spiro atoms. The van der Waals surface area contributed by atoms with E-state index in [1.807, 2.05) is 25.7 Å². The van der Waals surface area contributed by atoms with E-state index in [1.54, 1.807) is 6.07 Å². The Labute approximate surface area is 154 Å². The lowest BCUT2D eigenvalue weighted by atomic mass is 9.93. The van der Waals surface area contributed by atoms with Gasteiger partial charge in [0.1, 0.15) is 0 Å². The lowest BCUT2D eigenvalue weighted by Crippen LogP contribution is -2.51. The molecule has 0 aliphatic carbocycles. The first-order valence-corrected chi connectivity index (χ1v) is 9.48. The second-order valence-corrected chi connectivity index (χ2v) is 7.66. The summed E-state index contributed by atoms with van der Waals surface area (Å²) in [6.07, 6.45) is 1.76. The maximum Gasteiger partial charge on any atom is 0.225 e. The maximum atomic E-state index is 13.5. The second-order valence-electron chi connectivity index (χ2n) is 7.66. The molecule has 0 saturated carbocycles. The Bertz CT molecular complexity index is 637. The Morgan fingerprint density at radius 2 is 1.73 bits per heavy atom. The molecule has 2 fully saturated rings. The van der Waals surface area contributed by atoms with Crippen LogP contribution in [0.4, 0.5) is 8.78 Å². The summed E-state index contributed by atoms with van der Waals surface area (Å²) in [6, 6.07) is 4.09. The number of nitrogens with zero attached hydrogens (tertiary/aromatic N) is 2. The summed E-state index contributed by atoms with van der Waals surface area (Å²) in [5, 5.41) is 0. The lowest BCUT2D eigenvalue weighted by Gasteiger charge is -2.40. The largest absolute Gasteiger partial charge is 0.372 e. The van der Waals surface area contributed by atoms with Gasteiger partial charge >= 0.3 is 0 Å². The molecule has 4 nitrogen and oxygen atoms in total. The number of ether oxygens (including phenoxy) is 1. The summed E-state index contributed by atoms with van der Waals surface area (Å²) < 4.78 is 32.3. The molecule has 1 amide bonds. The summed E-state index contributed by atoms with van der Waals surface area (Å²) in [4.78, 5) is 17.0. The Balaban J connectivity index is 1.56.